The van der Waals surface area contributed by atoms with E-state index in [2.05, 4.69) is 27.7 Å². The maximum atomic E-state index is 12.5. The summed E-state index contributed by atoms with van der Waals surface area (Å²) in [4.78, 5) is 26.8. The van der Waals surface area contributed by atoms with Crippen LogP contribution in [0.5, 0.6) is 0 Å². The van der Waals surface area contributed by atoms with Crippen molar-refractivity contribution in [3.63, 3.8) is 0 Å². The highest BCUT2D eigenvalue weighted by molar-refractivity contribution is 6.06. The maximum absolute atomic E-state index is 12.5. The highest BCUT2D eigenvalue weighted by Gasteiger charge is 2.38. The van der Waals surface area contributed by atoms with Gasteiger partial charge in [0.2, 0.25) is 11.8 Å². The maximum Gasteiger partial charge on any atom is 0.234 e. The highest BCUT2D eigenvalue weighted by Crippen LogP contribution is 2.38. The Balaban J connectivity index is 1.40. The zero-order chi connectivity index (χ0) is 19.7. The molecule has 4 rings (SSSR count). The van der Waals surface area contributed by atoms with Gasteiger partial charge in [0.05, 0.1) is 25.0 Å². The van der Waals surface area contributed by atoms with E-state index in [1.807, 2.05) is 44.2 Å². The van der Waals surface area contributed by atoms with Gasteiger partial charge < -0.3 is 20.3 Å². The van der Waals surface area contributed by atoms with Gasteiger partial charge in [0.15, 0.2) is 0 Å². The van der Waals surface area contributed by atoms with E-state index < -0.39 is 5.41 Å². The lowest BCUT2D eigenvalue weighted by molar-refractivity contribution is -0.119. The van der Waals surface area contributed by atoms with E-state index >= 15 is 0 Å². The van der Waals surface area contributed by atoms with Crippen molar-refractivity contribution in [3.8, 4) is 0 Å². The van der Waals surface area contributed by atoms with Crippen LogP contribution in [0, 0.1) is 0 Å². The van der Waals surface area contributed by atoms with Crippen LogP contribution in [0.1, 0.15) is 25.0 Å². The van der Waals surface area contributed by atoms with Crippen LogP contribution < -0.4 is 15.5 Å². The van der Waals surface area contributed by atoms with E-state index in [1.165, 1.54) is 0 Å². The molecule has 2 heterocycles. The minimum Gasteiger partial charge on any atom is -0.378 e. The topological polar surface area (TPSA) is 70.7 Å². The molecule has 0 radical (unpaired) electrons. The van der Waals surface area contributed by atoms with Crippen LogP contribution in [0.15, 0.2) is 42.5 Å². The van der Waals surface area contributed by atoms with Crippen molar-refractivity contribution in [2.24, 2.45) is 0 Å². The molecule has 1 saturated heterocycles. The molecule has 2 aliphatic rings. The van der Waals surface area contributed by atoms with E-state index in [1.54, 1.807) is 0 Å². The van der Waals surface area contributed by atoms with Gasteiger partial charge in [-0.25, -0.2) is 0 Å². The highest BCUT2D eigenvalue weighted by atomic mass is 16.5. The molecule has 146 valence electrons. The first-order chi connectivity index (χ1) is 13.4. The van der Waals surface area contributed by atoms with Crippen molar-refractivity contribution in [2.45, 2.75) is 25.7 Å². The first-order valence-corrected chi connectivity index (χ1v) is 9.61. The van der Waals surface area contributed by atoms with Crippen molar-refractivity contribution in [1.82, 2.24) is 0 Å². The SMILES string of the molecule is CC1(C)C(=O)Nc2ccc(NC(=O)Cc3ccc(N4CCOCC4)cc3)cc21. The number of carbonyl (C=O) groups excluding carboxylic acids is 2. The van der Waals surface area contributed by atoms with Crippen molar-refractivity contribution < 1.29 is 14.3 Å². The largest absolute Gasteiger partial charge is 0.378 e. The Labute approximate surface area is 164 Å². The second kappa shape index (κ2) is 7.28. The molecule has 2 aromatic carbocycles. The number of benzene rings is 2. The van der Waals surface area contributed by atoms with Gasteiger partial charge in [-0.05, 0) is 55.3 Å². The number of fused-ring (bicyclic) bond motifs is 1. The van der Waals surface area contributed by atoms with Gasteiger partial charge in [-0.2, -0.15) is 0 Å². The Morgan fingerprint density at radius 2 is 1.86 bits per heavy atom. The molecule has 0 atom stereocenters. The van der Waals surface area contributed by atoms with E-state index in [0.717, 1.165) is 48.8 Å². The van der Waals surface area contributed by atoms with Crippen molar-refractivity contribution >= 4 is 28.9 Å². The molecule has 0 spiro atoms. The first-order valence-electron chi connectivity index (χ1n) is 9.61. The Kier molecular flexibility index (Phi) is 4.81. The Morgan fingerprint density at radius 1 is 1.14 bits per heavy atom. The normalized spacial score (nSPS) is 17.8. The number of hydrogen-bond acceptors (Lipinski definition) is 4. The quantitative estimate of drug-likeness (QED) is 0.857. The zero-order valence-electron chi connectivity index (χ0n) is 16.2. The monoisotopic (exact) mass is 379 g/mol. The number of nitrogens with one attached hydrogen (secondary N) is 2. The summed E-state index contributed by atoms with van der Waals surface area (Å²) >= 11 is 0. The number of ether oxygens (including phenoxy) is 1. The molecule has 28 heavy (non-hydrogen) atoms. The number of anilines is 3. The average molecular weight is 379 g/mol. The van der Waals surface area contributed by atoms with Crippen molar-refractivity contribution in [2.75, 3.05) is 41.8 Å². The van der Waals surface area contributed by atoms with Crippen molar-refractivity contribution in [1.29, 1.82) is 0 Å². The molecule has 6 nitrogen and oxygen atoms in total. The van der Waals surface area contributed by atoms with Gasteiger partial charge in [-0.1, -0.05) is 12.1 Å². The van der Waals surface area contributed by atoms with E-state index in [4.69, 9.17) is 4.74 Å². The number of nitrogens with zero attached hydrogens (tertiary/aromatic N) is 1. The Morgan fingerprint density at radius 3 is 2.57 bits per heavy atom. The molecule has 2 N–H and O–H groups in total. The summed E-state index contributed by atoms with van der Waals surface area (Å²) in [5, 5.41) is 5.82. The summed E-state index contributed by atoms with van der Waals surface area (Å²) in [7, 11) is 0. The minimum atomic E-state index is -0.592. The van der Waals surface area contributed by atoms with Crippen LogP contribution in [0.2, 0.25) is 0 Å². The number of carbonyl (C=O) groups is 2. The van der Waals surface area contributed by atoms with E-state index in [0.29, 0.717) is 12.1 Å². The lowest BCUT2D eigenvalue weighted by Gasteiger charge is -2.28. The summed E-state index contributed by atoms with van der Waals surface area (Å²) in [6.45, 7) is 7.06. The number of rotatable bonds is 4. The van der Waals surface area contributed by atoms with Gasteiger partial charge in [-0.15, -0.1) is 0 Å². The van der Waals surface area contributed by atoms with Gasteiger partial charge in [0.1, 0.15) is 0 Å². The second-order valence-electron chi connectivity index (χ2n) is 7.83. The summed E-state index contributed by atoms with van der Waals surface area (Å²) in [6, 6.07) is 13.7. The third-order valence-corrected chi connectivity index (χ3v) is 5.47. The predicted octanol–water partition coefficient (Wildman–Crippen LogP) is 2.93. The summed E-state index contributed by atoms with van der Waals surface area (Å²) in [5.74, 6) is -0.0968. The molecule has 0 unspecified atom stereocenters. The molecule has 0 aromatic heterocycles. The van der Waals surface area contributed by atoms with Gasteiger partial charge in [0.25, 0.3) is 0 Å². The smallest absolute Gasteiger partial charge is 0.234 e. The van der Waals surface area contributed by atoms with E-state index in [9.17, 15) is 9.59 Å². The molecule has 2 aliphatic heterocycles. The molecule has 0 aliphatic carbocycles. The van der Waals surface area contributed by atoms with Crippen LogP contribution in [0.25, 0.3) is 0 Å². The Bertz CT molecular complexity index is 900. The second-order valence-corrected chi connectivity index (χ2v) is 7.83. The number of morpholine rings is 1. The molecule has 6 heteroatoms. The zero-order valence-corrected chi connectivity index (χ0v) is 16.2. The fourth-order valence-corrected chi connectivity index (χ4v) is 3.69. The van der Waals surface area contributed by atoms with Gasteiger partial charge in [0, 0.05) is 30.2 Å². The average Bonchev–Trinajstić information content (AvgIpc) is 2.92. The predicted molar refractivity (Wildman–Crippen MR) is 110 cm³/mol. The minimum absolute atomic E-state index is 0.0219. The van der Waals surface area contributed by atoms with E-state index in [-0.39, 0.29) is 11.8 Å². The summed E-state index contributed by atoms with van der Waals surface area (Å²) in [5.41, 5.74) is 3.96. The molecule has 2 aromatic rings. The van der Waals surface area contributed by atoms with Crippen LogP contribution >= 0.6 is 0 Å². The third-order valence-electron chi connectivity index (χ3n) is 5.47. The van der Waals surface area contributed by atoms with Gasteiger partial charge in [-0.3, -0.25) is 9.59 Å². The molecule has 2 amide bonds. The molecule has 0 saturated carbocycles. The lowest BCUT2D eigenvalue weighted by Crippen LogP contribution is -2.36. The fourth-order valence-electron chi connectivity index (χ4n) is 3.69. The fraction of sp³-hybridized carbons (Fsp3) is 0.364. The molecule has 1 fully saturated rings. The molecular weight excluding hydrogens is 354 g/mol. The van der Waals surface area contributed by atoms with Gasteiger partial charge >= 0.3 is 0 Å². The number of amides is 2. The summed E-state index contributed by atoms with van der Waals surface area (Å²) in [6.07, 6.45) is 0.307. The van der Waals surface area contributed by atoms with Crippen LogP contribution in [0.3, 0.4) is 0 Å². The molecular formula is C22H25N3O3. The lowest BCUT2D eigenvalue weighted by atomic mass is 9.86. The van der Waals surface area contributed by atoms with Crippen LogP contribution in [-0.4, -0.2) is 38.1 Å². The van der Waals surface area contributed by atoms with Crippen LogP contribution in [0.4, 0.5) is 17.1 Å². The van der Waals surface area contributed by atoms with Crippen LogP contribution in [-0.2, 0) is 26.2 Å². The van der Waals surface area contributed by atoms with Crippen molar-refractivity contribution in [3.05, 3.63) is 53.6 Å². The Hall–Kier alpha value is -2.86. The standard InChI is InChI=1S/C22H25N3O3/c1-22(2)18-14-16(5-8-19(18)24-21(22)27)23-20(26)13-15-3-6-17(7-4-15)25-9-11-28-12-10-25/h3-8,14H,9-13H2,1-2H3,(H,23,26)(H,24,27). The molecule has 0 bridgehead atoms. The third kappa shape index (κ3) is 3.60. The first kappa shape index (κ1) is 18.5. The number of hydrogen-bond donors (Lipinski definition) is 2. The summed E-state index contributed by atoms with van der Waals surface area (Å²) < 4.78 is 5.38.